The lowest BCUT2D eigenvalue weighted by atomic mass is 10.1. The smallest absolute Gasteiger partial charge is 0.254 e. The van der Waals surface area contributed by atoms with Crippen LogP contribution in [0.3, 0.4) is 0 Å². The zero-order valence-corrected chi connectivity index (χ0v) is 20.5. The number of benzene rings is 2. The predicted molar refractivity (Wildman–Crippen MR) is 135 cm³/mol. The Balaban J connectivity index is 1.55. The van der Waals surface area contributed by atoms with E-state index in [-0.39, 0.29) is 36.6 Å². The Morgan fingerprint density at radius 1 is 1.00 bits per heavy atom. The largest absolute Gasteiger partial charge is 0.352 e. The van der Waals surface area contributed by atoms with E-state index in [1.807, 2.05) is 69.3 Å². The van der Waals surface area contributed by atoms with E-state index < -0.39 is 0 Å². The van der Waals surface area contributed by atoms with Crippen molar-refractivity contribution in [2.45, 2.75) is 33.7 Å². The lowest BCUT2D eigenvalue weighted by Gasteiger charge is -2.24. The number of carbonyl (C=O) groups excluding carboxylic acids is 3. The van der Waals surface area contributed by atoms with Gasteiger partial charge in [0.1, 0.15) is 6.54 Å². The molecular weight excluding hydrogens is 448 g/mol. The average Bonchev–Trinajstić information content (AvgIpc) is 3.24. The first kappa shape index (κ1) is 25.1. The van der Waals surface area contributed by atoms with E-state index in [2.05, 4.69) is 15.6 Å². The highest BCUT2D eigenvalue weighted by molar-refractivity contribution is 7.13. The second-order valence-corrected chi connectivity index (χ2v) is 9.38. The van der Waals surface area contributed by atoms with Crippen LogP contribution in [0.1, 0.15) is 41.0 Å². The maximum Gasteiger partial charge on any atom is 0.254 e. The van der Waals surface area contributed by atoms with E-state index in [4.69, 9.17) is 0 Å². The fourth-order valence-electron chi connectivity index (χ4n) is 3.44. The summed E-state index contributed by atoms with van der Waals surface area (Å²) in [6.45, 7) is 6.74. The van der Waals surface area contributed by atoms with Crippen LogP contribution in [0.15, 0.2) is 60.0 Å². The molecule has 7 nitrogen and oxygen atoms in total. The predicted octanol–water partition coefficient (Wildman–Crippen LogP) is 4.05. The molecule has 0 aliphatic heterocycles. The van der Waals surface area contributed by atoms with Crippen molar-refractivity contribution in [3.63, 3.8) is 0 Å². The molecule has 0 saturated heterocycles. The normalized spacial score (nSPS) is 10.7. The van der Waals surface area contributed by atoms with Gasteiger partial charge in [0.2, 0.25) is 11.8 Å². The summed E-state index contributed by atoms with van der Waals surface area (Å²) in [4.78, 5) is 43.9. The quantitative estimate of drug-likeness (QED) is 0.460. The molecule has 2 aromatic carbocycles. The molecule has 3 rings (SSSR count). The van der Waals surface area contributed by atoms with Gasteiger partial charge in [-0.3, -0.25) is 14.4 Å². The Morgan fingerprint density at radius 2 is 1.71 bits per heavy atom. The summed E-state index contributed by atoms with van der Waals surface area (Å²) in [5.74, 6) is -0.422. The van der Waals surface area contributed by atoms with E-state index in [1.165, 1.54) is 11.3 Å². The van der Waals surface area contributed by atoms with Crippen LogP contribution >= 0.6 is 11.3 Å². The SMILES string of the molecule is Cc1ccccc1C(=O)N(CC(=O)Nc1nc(CC(=O)NCc2ccccc2)cs1)CC(C)C. The van der Waals surface area contributed by atoms with Crippen molar-refractivity contribution in [2.24, 2.45) is 5.92 Å². The number of hydrogen-bond donors (Lipinski definition) is 2. The molecule has 178 valence electrons. The van der Waals surface area contributed by atoms with Crippen LogP contribution < -0.4 is 10.6 Å². The number of anilines is 1. The molecule has 1 heterocycles. The van der Waals surface area contributed by atoms with E-state index in [1.54, 1.807) is 16.3 Å². The number of nitrogens with zero attached hydrogens (tertiary/aromatic N) is 2. The number of carbonyl (C=O) groups is 3. The van der Waals surface area contributed by atoms with Gasteiger partial charge in [0, 0.05) is 24.0 Å². The molecule has 8 heteroatoms. The van der Waals surface area contributed by atoms with Crippen molar-refractivity contribution in [1.82, 2.24) is 15.2 Å². The first-order valence-electron chi connectivity index (χ1n) is 11.2. The third-order valence-electron chi connectivity index (χ3n) is 5.05. The highest BCUT2D eigenvalue weighted by Gasteiger charge is 2.21. The van der Waals surface area contributed by atoms with Crippen LogP contribution in [0.5, 0.6) is 0 Å². The summed E-state index contributed by atoms with van der Waals surface area (Å²) in [5, 5.41) is 7.79. The molecule has 0 saturated carbocycles. The Kier molecular flexibility index (Phi) is 8.93. The number of aryl methyl sites for hydroxylation is 1. The number of rotatable bonds is 10. The summed E-state index contributed by atoms with van der Waals surface area (Å²) in [7, 11) is 0. The molecule has 0 aliphatic rings. The van der Waals surface area contributed by atoms with Crippen LogP contribution in [0.25, 0.3) is 0 Å². The van der Waals surface area contributed by atoms with Crippen LogP contribution in [0, 0.1) is 12.8 Å². The monoisotopic (exact) mass is 478 g/mol. The molecule has 1 aromatic heterocycles. The molecule has 0 aliphatic carbocycles. The van der Waals surface area contributed by atoms with Gasteiger partial charge in [0.25, 0.3) is 5.91 Å². The van der Waals surface area contributed by atoms with E-state index in [9.17, 15) is 14.4 Å². The lowest BCUT2D eigenvalue weighted by Crippen LogP contribution is -2.40. The highest BCUT2D eigenvalue weighted by atomic mass is 32.1. The number of nitrogens with one attached hydrogen (secondary N) is 2. The number of hydrogen-bond acceptors (Lipinski definition) is 5. The van der Waals surface area contributed by atoms with Crippen molar-refractivity contribution in [3.05, 3.63) is 82.4 Å². The van der Waals surface area contributed by atoms with Gasteiger partial charge in [-0.05, 0) is 30.0 Å². The first-order chi connectivity index (χ1) is 16.3. The van der Waals surface area contributed by atoms with Gasteiger partial charge in [0.05, 0.1) is 12.1 Å². The maximum absolute atomic E-state index is 13.1. The van der Waals surface area contributed by atoms with Crippen LogP contribution in [0.2, 0.25) is 0 Å². The molecule has 3 amide bonds. The lowest BCUT2D eigenvalue weighted by molar-refractivity contribution is -0.120. The minimum atomic E-state index is -0.322. The fourth-order valence-corrected chi connectivity index (χ4v) is 4.17. The zero-order chi connectivity index (χ0) is 24.5. The molecule has 0 radical (unpaired) electrons. The van der Waals surface area contributed by atoms with Gasteiger partial charge in [-0.15, -0.1) is 11.3 Å². The second-order valence-electron chi connectivity index (χ2n) is 8.53. The van der Waals surface area contributed by atoms with Gasteiger partial charge >= 0.3 is 0 Å². The molecule has 0 bridgehead atoms. The topological polar surface area (TPSA) is 91.4 Å². The molecule has 0 unspecified atom stereocenters. The summed E-state index contributed by atoms with van der Waals surface area (Å²) in [6.07, 6.45) is 0.129. The van der Waals surface area contributed by atoms with Crippen molar-refractivity contribution in [3.8, 4) is 0 Å². The number of thiazole rings is 1. The zero-order valence-electron chi connectivity index (χ0n) is 19.7. The Morgan fingerprint density at radius 3 is 2.41 bits per heavy atom. The van der Waals surface area contributed by atoms with Crippen molar-refractivity contribution < 1.29 is 14.4 Å². The van der Waals surface area contributed by atoms with Gasteiger partial charge in [-0.25, -0.2) is 4.98 Å². The third kappa shape index (κ3) is 7.52. The number of aromatic nitrogens is 1. The maximum atomic E-state index is 13.1. The molecular formula is C26H30N4O3S. The van der Waals surface area contributed by atoms with Gasteiger partial charge in [-0.2, -0.15) is 0 Å². The van der Waals surface area contributed by atoms with Crippen molar-refractivity contribution >= 4 is 34.2 Å². The van der Waals surface area contributed by atoms with Gasteiger partial charge < -0.3 is 15.5 Å². The molecule has 0 spiro atoms. The Hall–Kier alpha value is -3.52. The minimum Gasteiger partial charge on any atom is -0.352 e. The first-order valence-corrected chi connectivity index (χ1v) is 12.1. The molecule has 0 atom stereocenters. The molecule has 2 N–H and O–H groups in total. The Labute approximate surface area is 204 Å². The summed E-state index contributed by atoms with van der Waals surface area (Å²) in [6, 6.07) is 17.0. The average molecular weight is 479 g/mol. The Bertz CT molecular complexity index is 1130. The van der Waals surface area contributed by atoms with E-state index >= 15 is 0 Å². The molecule has 3 aromatic rings. The van der Waals surface area contributed by atoms with E-state index in [0.717, 1.165) is 11.1 Å². The molecule has 0 fully saturated rings. The summed E-state index contributed by atoms with van der Waals surface area (Å²) < 4.78 is 0. The molecule has 34 heavy (non-hydrogen) atoms. The van der Waals surface area contributed by atoms with Gasteiger partial charge in [0.15, 0.2) is 5.13 Å². The standard InChI is InChI=1S/C26H30N4O3S/c1-18(2)15-30(25(33)22-12-8-7-9-19(22)3)16-24(32)29-26-28-21(17-34-26)13-23(31)27-14-20-10-5-4-6-11-20/h4-12,17-18H,13-16H2,1-3H3,(H,27,31)(H,28,29,32). The van der Waals surface area contributed by atoms with Gasteiger partial charge in [-0.1, -0.05) is 62.4 Å². The van der Waals surface area contributed by atoms with Crippen molar-refractivity contribution in [2.75, 3.05) is 18.4 Å². The third-order valence-corrected chi connectivity index (χ3v) is 5.86. The summed E-state index contributed by atoms with van der Waals surface area (Å²) >= 11 is 1.26. The highest BCUT2D eigenvalue weighted by Crippen LogP contribution is 2.17. The van der Waals surface area contributed by atoms with Crippen LogP contribution in [-0.4, -0.2) is 40.7 Å². The van der Waals surface area contributed by atoms with Crippen LogP contribution in [-0.2, 0) is 22.6 Å². The summed E-state index contributed by atoms with van der Waals surface area (Å²) in [5.41, 5.74) is 3.07. The second kappa shape index (κ2) is 12.1. The number of amides is 3. The van der Waals surface area contributed by atoms with E-state index in [0.29, 0.717) is 29.5 Å². The minimum absolute atomic E-state index is 0.0716. The van der Waals surface area contributed by atoms with Crippen LogP contribution in [0.4, 0.5) is 5.13 Å². The fraction of sp³-hybridized carbons (Fsp3) is 0.308. The van der Waals surface area contributed by atoms with Crippen molar-refractivity contribution in [1.29, 1.82) is 0 Å².